The van der Waals surface area contributed by atoms with Crippen LogP contribution >= 0.6 is 15.9 Å². The minimum Gasteiger partial charge on any atom is -0.484 e. The average molecular weight is 416 g/mol. The highest BCUT2D eigenvalue weighted by Gasteiger charge is 2.05. The third-order valence-electron chi connectivity index (χ3n) is 3.35. The van der Waals surface area contributed by atoms with E-state index >= 15 is 0 Å². The zero-order valence-corrected chi connectivity index (χ0v) is 15.2. The van der Waals surface area contributed by atoms with Crippen molar-refractivity contribution in [2.75, 3.05) is 11.9 Å². The van der Waals surface area contributed by atoms with Crippen molar-refractivity contribution in [3.8, 4) is 17.2 Å². The van der Waals surface area contributed by atoms with Crippen molar-refractivity contribution in [2.24, 2.45) is 0 Å². The minimum absolute atomic E-state index is 0.208. The number of carbonyl (C=O) groups is 1. The molecule has 3 aromatic carbocycles. The third-order valence-corrected chi connectivity index (χ3v) is 3.88. The number of rotatable bonds is 6. The number of ether oxygens (including phenoxy) is 2. The number of amides is 1. The summed E-state index contributed by atoms with van der Waals surface area (Å²) in [5, 5.41) is 2.71. The number of anilines is 1. The molecule has 0 aliphatic heterocycles. The lowest BCUT2D eigenvalue weighted by molar-refractivity contribution is -0.118. The van der Waals surface area contributed by atoms with Gasteiger partial charge in [-0.2, -0.15) is 0 Å². The van der Waals surface area contributed by atoms with Crippen LogP contribution in [-0.2, 0) is 4.79 Å². The average Bonchev–Trinajstić information content (AvgIpc) is 2.64. The number of halogens is 2. The fraction of sp³-hybridized carbons (Fsp3) is 0.0500. The zero-order valence-electron chi connectivity index (χ0n) is 13.6. The van der Waals surface area contributed by atoms with E-state index in [9.17, 15) is 9.18 Å². The Balaban J connectivity index is 1.51. The van der Waals surface area contributed by atoms with E-state index in [1.54, 1.807) is 30.3 Å². The quantitative estimate of drug-likeness (QED) is 0.586. The van der Waals surface area contributed by atoms with E-state index in [4.69, 9.17) is 9.47 Å². The van der Waals surface area contributed by atoms with Crippen LogP contribution in [0.5, 0.6) is 17.2 Å². The molecule has 0 bridgehead atoms. The number of nitrogens with one attached hydrogen (secondary N) is 1. The Bertz CT molecular complexity index is 882. The molecule has 0 saturated heterocycles. The summed E-state index contributed by atoms with van der Waals surface area (Å²) in [6, 6.07) is 20.1. The Morgan fingerprint density at radius 1 is 0.923 bits per heavy atom. The second-order valence-corrected chi connectivity index (χ2v) is 6.29. The van der Waals surface area contributed by atoms with Gasteiger partial charge < -0.3 is 14.8 Å². The summed E-state index contributed by atoms with van der Waals surface area (Å²) in [6.45, 7) is -0.208. The topological polar surface area (TPSA) is 47.6 Å². The molecule has 1 amide bonds. The van der Waals surface area contributed by atoms with Gasteiger partial charge in [-0.1, -0.05) is 22.0 Å². The van der Waals surface area contributed by atoms with Gasteiger partial charge in [0, 0.05) is 16.2 Å². The van der Waals surface area contributed by atoms with Crippen molar-refractivity contribution >= 4 is 27.5 Å². The van der Waals surface area contributed by atoms with Crippen LogP contribution in [0, 0.1) is 5.82 Å². The van der Waals surface area contributed by atoms with Crippen molar-refractivity contribution in [3.05, 3.63) is 83.1 Å². The fourth-order valence-corrected chi connectivity index (χ4v) is 2.41. The maximum Gasteiger partial charge on any atom is 0.262 e. The summed E-state index contributed by atoms with van der Waals surface area (Å²) in [6.07, 6.45) is 0. The first-order valence-corrected chi connectivity index (χ1v) is 8.59. The molecule has 3 rings (SSSR count). The monoisotopic (exact) mass is 415 g/mol. The molecule has 4 nitrogen and oxygen atoms in total. The Hall–Kier alpha value is -2.86. The summed E-state index contributed by atoms with van der Waals surface area (Å²) < 4.78 is 25.0. The van der Waals surface area contributed by atoms with Gasteiger partial charge in [0.1, 0.15) is 23.1 Å². The minimum atomic E-state index is -0.413. The molecule has 0 unspecified atom stereocenters. The predicted octanol–water partition coefficient (Wildman–Crippen LogP) is 5.40. The molecule has 0 saturated carbocycles. The molecular weight excluding hydrogens is 401 g/mol. The molecule has 26 heavy (non-hydrogen) atoms. The normalized spacial score (nSPS) is 10.2. The highest BCUT2D eigenvalue weighted by molar-refractivity contribution is 9.10. The van der Waals surface area contributed by atoms with Crippen molar-refractivity contribution in [1.29, 1.82) is 0 Å². The zero-order chi connectivity index (χ0) is 18.4. The van der Waals surface area contributed by atoms with Gasteiger partial charge in [-0.15, -0.1) is 0 Å². The van der Waals surface area contributed by atoms with Crippen molar-refractivity contribution in [1.82, 2.24) is 0 Å². The first kappa shape index (κ1) is 17.9. The summed E-state index contributed by atoms with van der Waals surface area (Å²) in [4.78, 5) is 11.9. The molecule has 6 heteroatoms. The van der Waals surface area contributed by atoms with Crippen LogP contribution in [-0.4, -0.2) is 12.5 Å². The maximum absolute atomic E-state index is 13.1. The highest BCUT2D eigenvalue weighted by Crippen LogP contribution is 2.24. The van der Waals surface area contributed by atoms with E-state index in [2.05, 4.69) is 21.2 Å². The molecular formula is C20H15BrFNO3. The van der Waals surface area contributed by atoms with Crippen LogP contribution in [0.4, 0.5) is 10.1 Å². The molecule has 0 spiro atoms. The molecule has 0 aliphatic carbocycles. The molecule has 0 aromatic heterocycles. The number of hydrogen-bond acceptors (Lipinski definition) is 3. The Morgan fingerprint density at radius 2 is 1.58 bits per heavy atom. The first-order chi connectivity index (χ1) is 12.6. The van der Waals surface area contributed by atoms with Gasteiger partial charge in [0.2, 0.25) is 0 Å². The van der Waals surface area contributed by atoms with Crippen LogP contribution in [0.15, 0.2) is 77.3 Å². The Morgan fingerprint density at radius 3 is 2.23 bits per heavy atom. The van der Waals surface area contributed by atoms with Gasteiger partial charge in [0.15, 0.2) is 6.61 Å². The first-order valence-electron chi connectivity index (χ1n) is 7.80. The number of hydrogen-bond donors (Lipinski definition) is 1. The van der Waals surface area contributed by atoms with E-state index in [1.165, 1.54) is 18.2 Å². The number of benzene rings is 3. The van der Waals surface area contributed by atoms with Crippen molar-refractivity contribution in [3.63, 3.8) is 0 Å². The number of carbonyl (C=O) groups excluding carboxylic acids is 1. The van der Waals surface area contributed by atoms with Crippen molar-refractivity contribution < 1.29 is 18.7 Å². The lowest BCUT2D eigenvalue weighted by Gasteiger charge is -2.09. The van der Waals surface area contributed by atoms with E-state index in [0.717, 1.165) is 4.47 Å². The standard InChI is InChI=1S/C20H15BrFNO3/c21-14-4-8-17(9-5-14)26-18-10-6-16(7-11-18)23-20(24)13-25-19-3-1-2-15(22)12-19/h1-12H,13H2,(H,23,24). The van der Waals surface area contributed by atoms with Gasteiger partial charge in [0.25, 0.3) is 5.91 Å². The lowest BCUT2D eigenvalue weighted by Crippen LogP contribution is -2.20. The second kappa shape index (κ2) is 8.49. The van der Waals surface area contributed by atoms with Gasteiger partial charge >= 0.3 is 0 Å². The van der Waals surface area contributed by atoms with E-state index in [1.807, 2.05) is 24.3 Å². The van der Waals surface area contributed by atoms with E-state index in [0.29, 0.717) is 22.9 Å². The highest BCUT2D eigenvalue weighted by atomic mass is 79.9. The van der Waals surface area contributed by atoms with Crippen molar-refractivity contribution in [2.45, 2.75) is 0 Å². The van der Waals surface area contributed by atoms with Gasteiger partial charge in [0.05, 0.1) is 0 Å². The molecule has 0 atom stereocenters. The van der Waals surface area contributed by atoms with Crippen LogP contribution < -0.4 is 14.8 Å². The van der Waals surface area contributed by atoms with Crippen LogP contribution in [0.1, 0.15) is 0 Å². The van der Waals surface area contributed by atoms with Gasteiger partial charge in [-0.05, 0) is 60.7 Å². The molecule has 3 aromatic rings. The molecule has 0 fully saturated rings. The predicted molar refractivity (Wildman–Crippen MR) is 101 cm³/mol. The van der Waals surface area contributed by atoms with Crippen LogP contribution in [0.2, 0.25) is 0 Å². The van der Waals surface area contributed by atoms with Gasteiger partial charge in [-0.25, -0.2) is 4.39 Å². The molecule has 1 N–H and O–H groups in total. The van der Waals surface area contributed by atoms with E-state index < -0.39 is 5.82 Å². The molecule has 0 heterocycles. The molecule has 0 aliphatic rings. The summed E-state index contributed by atoms with van der Waals surface area (Å²) in [7, 11) is 0. The Labute approximate surface area is 158 Å². The van der Waals surface area contributed by atoms with Crippen LogP contribution in [0.25, 0.3) is 0 Å². The summed E-state index contributed by atoms with van der Waals surface area (Å²) in [5.74, 6) is 0.924. The lowest BCUT2D eigenvalue weighted by atomic mass is 10.3. The molecule has 132 valence electrons. The summed E-state index contributed by atoms with van der Waals surface area (Å²) >= 11 is 3.37. The SMILES string of the molecule is O=C(COc1cccc(F)c1)Nc1ccc(Oc2ccc(Br)cc2)cc1. The third kappa shape index (κ3) is 5.32. The largest absolute Gasteiger partial charge is 0.484 e. The van der Waals surface area contributed by atoms with Crippen LogP contribution in [0.3, 0.4) is 0 Å². The molecule has 0 radical (unpaired) electrons. The summed E-state index contributed by atoms with van der Waals surface area (Å²) in [5.41, 5.74) is 0.612. The fourth-order valence-electron chi connectivity index (χ4n) is 2.15. The van der Waals surface area contributed by atoms with E-state index in [-0.39, 0.29) is 12.5 Å². The smallest absolute Gasteiger partial charge is 0.262 e. The maximum atomic E-state index is 13.1. The van der Waals surface area contributed by atoms with Gasteiger partial charge in [-0.3, -0.25) is 4.79 Å². The second-order valence-electron chi connectivity index (χ2n) is 5.37. The Kier molecular flexibility index (Phi) is 5.86.